The summed E-state index contributed by atoms with van der Waals surface area (Å²) >= 11 is 1.32. The molecule has 0 unspecified atom stereocenters. The molecule has 1 N–H and O–H groups in total. The molecule has 178 valence electrons. The number of aromatic nitrogens is 1. The number of amides is 1. The normalized spacial score (nSPS) is 15.8. The quantitative estimate of drug-likeness (QED) is 0.353. The molecule has 0 bridgehead atoms. The Hall–Kier alpha value is -4.11. The number of benzene rings is 2. The number of aliphatic hydroxyl groups is 1. The van der Waals surface area contributed by atoms with Gasteiger partial charge in [0.05, 0.1) is 42.3 Å². The van der Waals surface area contributed by atoms with Crippen LogP contribution in [0, 0.1) is 0 Å². The van der Waals surface area contributed by atoms with E-state index < -0.39 is 23.5 Å². The van der Waals surface area contributed by atoms with Gasteiger partial charge < -0.3 is 19.0 Å². The number of hydrogen-bond acceptors (Lipinski definition) is 8. The maximum absolute atomic E-state index is 13.4. The highest BCUT2D eigenvalue weighted by Crippen LogP contribution is 2.45. The van der Waals surface area contributed by atoms with Gasteiger partial charge in [0.25, 0.3) is 5.91 Å². The number of aryl methyl sites for hydroxylation is 1. The summed E-state index contributed by atoms with van der Waals surface area (Å²) in [5.74, 6) is -1.01. The van der Waals surface area contributed by atoms with Crippen molar-refractivity contribution in [1.29, 1.82) is 0 Å². The second-order valence-electron chi connectivity index (χ2n) is 7.91. The molecule has 1 aliphatic rings. The number of methoxy groups -OCH3 is 2. The molecule has 2 aromatic carbocycles. The van der Waals surface area contributed by atoms with Gasteiger partial charge in [-0.05, 0) is 53.9 Å². The molecule has 4 aromatic rings. The van der Waals surface area contributed by atoms with E-state index in [0.29, 0.717) is 22.2 Å². The molecule has 0 radical (unpaired) electrons. The highest BCUT2D eigenvalue weighted by Gasteiger charge is 2.46. The van der Waals surface area contributed by atoms with Crippen molar-refractivity contribution in [2.45, 2.75) is 19.4 Å². The molecule has 1 amide bonds. The number of anilines is 1. The van der Waals surface area contributed by atoms with Crippen molar-refractivity contribution in [2.24, 2.45) is 0 Å². The molecule has 0 saturated heterocycles. The number of rotatable bonds is 7. The number of carbonyl (C=O) groups is 2. The van der Waals surface area contributed by atoms with E-state index in [9.17, 15) is 14.7 Å². The molecule has 0 fully saturated rings. The van der Waals surface area contributed by atoms with Crippen LogP contribution in [0.1, 0.15) is 34.6 Å². The van der Waals surface area contributed by atoms with Gasteiger partial charge in [0.15, 0.2) is 28.1 Å². The van der Waals surface area contributed by atoms with Crippen molar-refractivity contribution in [3.63, 3.8) is 0 Å². The van der Waals surface area contributed by atoms with E-state index in [0.717, 1.165) is 22.2 Å². The average Bonchev–Trinajstić information content (AvgIpc) is 3.61. The predicted molar refractivity (Wildman–Crippen MR) is 131 cm³/mol. The Bertz CT molecular complexity index is 1470. The molecule has 5 rings (SSSR count). The highest BCUT2D eigenvalue weighted by molar-refractivity contribution is 7.22. The Balaban J connectivity index is 1.69. The molecule has 3 heterocycles. The average molecular weight is 491 g/mol. The van der Waals surface area contributed by atoms with Crippen molar-refractivity contribution in [3.8, 4) is 11.5 Å². The minimum Gasteiger partial charge on any atom is -0.503 e. The zero-order valence-electron chi connectivity index (χ0n) is 19.3. The lowest BCUT2D eigenvalue weighted by Crippen LogP contribution is -2.31. The number of fused-ring (bicyclic) bond motifs is 1. The lowest BCUT2D eigenvalue weighted by atomic mass is 9.95. The SMILES string of the molecule is CCc1ccc2nc(N3C(=O)C(O)=C(C(=O)c4ccco4)[C@H]3c3ccc(OC)c(OC)c3)sc2c1. The predicted octanol–water partition coefficient (Wildman–Crippen LogP) is 5.25. The maximum atomic E-state index is 13.4. The molecule has 1 aliphatic heterocycles. The summed E-state index contributed by atoms with van der Waals surface area (Å²) < 4.78 is 17.0. The van der Waals surface area contributed by atoms with Gasteiger partial charge in [-0.2, -0.15) is 0 Å². The molecule has 9 heteroatoms. The van der Waals surface area contributed by atoms with Crippen molar-refractivity contribution >= 4 is 38.4 Å². The van der Waals surface area contributed by atoms with Gasteiger partial charge >= 0.3 is 0 Å². The zero-order chi connectivity index (χ0) is 24.7. The third-order valence-corrected chi connectivity index (χ3v) is 6.99. The number of nitrogens with zero attached hydrogens (tertiary/aromatic N) is 2. The summed E-state index contributed by atoms with van der Waals surface area (Å²) in [6.45, 7) is 2.06. The Labute approximate surface area is 205 Å². The number of Topliss-reactive ketones (excluding diaryl/α,β-unsaturated/α-hetero) is 1. The zero-order valence-corrected chi connectivity index (χ0v) is 20.1. The number of furan rings is 1. The summed E-state index contributed by atoms with van der Waals surface area (Å²) in [5, 5.41) is 11.3. The first kappa shape index (κ1) is 22.7. The van der Waals surface area contributed by atoms with Gasteiger partial charge in [-0.25, -0.2) is 4.98 Å². The molecule has 0 spiro atoms. The second kappa shape index (κ2) is 8.92. The number of hydrogen-bond donors (Lipinski definition) is 1. The number of ether oxygens (including phenoxy) is 2. The van der Waals surface area contributed by atoms with Crippen LogP contribution in [0.4, 0.5) is 5.13 Å². The summed E-state index contributed by atoms with van der Waals surface area (Å²) in [6.07, 6.45) is 2.23. The molecular formula is C26H22N2O6S. The molecule has 2 aromatic heterocycles. The van der Waals surface area contributed by atoms with E-state index in [1.54, 1.807) is 24.3 Å². The van der Waals surface area contributed by atoms with Crippen LogP contribution in [-0.2, 0) is 11.2 Å². The third-order valence-electron chi connectivity index (χ3n) is 5.98. The molecule has 35 heavy (non-hydrogen) atoms. The van der Waals surface area contributed by atoms with Crippen LogP contribution in [-0.4, -0.2) is 36.0 Å². The van der Waals surface area contributed by atoms with Crippen molar-refractivity contribution in [3.05, 3.63) is 83.0 Å². The first-order valence-corrected chi connectivity index (χ1v) is 11.7. The third kappa shape index (κ3) is 3.74. The summed E-state index contributed by atoms with van der Waals surface area (Å²) in [6, 6.07) is 13.1. The molecule has 0 aliphatic carbocycles. The van der Waals surface area contributed by atoms with Gasteiger partial charge in [-0.15, -0.1) is 0 Å². The van der Waals surface area contributed by atoms with E-state index in [2.05, 4.69) is 11.9 Å². The van der Waals surface area contributed by atoms with Crippen molar-refractivity contribution < 1.29 is 28.6 Å². The maximum Gasteiger partial charge on any atom is 0.296 e. The first-order valence-electron chi connectivity index (χ1n) is 10.9. The smallest absolute Gasteiger partial charge is 0.296 e. The summed E-state index contributed by atoms with van der Waals surface area (Å²) in [5.41, 5.74) is 2.33. The van der Waals surface area contributed by atoms with Crippen molar-refractivity contribution in [2.75, 3.05) is 19.1 Å². The Morgan fingerprint density at radius 3 is 2.63 bits per heavy atom. The van der Waals surface area contributed by atoms with E-state index >= 15 is 0 Å². The lowest BCUT2D eigenvalue weighted by Gasteiger charge is -2.25. The largest absolute Gasteiger partial charge is 0.503 e. The molecule has 8 nitrogen and oxygen atoms in total. The summed E-state index contributed by atoms with van der Waals surface area (Å²) in [4.78, 5) is 32.8. The number of thiazole rings is 1. The first-order chi connectivity index (χ1) is 17.0. The van der Waals surface area contributed by atoms with Crippen LogP contribution in [0.25, 0.3) is 10.2 Å². The topological polar surface area (TPSA) is 102 Å². The Morgan fingerprint density at radius 1 is 1.14 bits per heavy atom. The van der Waals surface area contributed by atoms with Crippen molar-refractivity contribution in [1.82, 2.24) is 4.98 Å². The van der Waals surface area contributed by atoms with Gasteiger partial charge in [0, 0.05) is 0 Å². The highest BCUT2D eigenvalue weighted by atomic mass is 32.1. The van der Waals surface area contributed by atoms with E-state index in [1.807, 2.05) is 18.2 Å². The van der Waals surface area contributed by atoms with Gasteiger partial charge in [-0.3, -0.25) is 14.5 Å². The molecule has 0 saturated carbocycles. The van der Waals surface area contributed by atoms with Crippen LogP contribution in [0.2, 0.25) is 0 Å². The Kier molecular flexibility index (Phi) is 5.78. The molecule has 1 atom stereocenters. The fourth-order valence-electron chi connectivity index (χ4n) is 4.19. The van der Waals surface area contributed by atoms with E-state index in [-0.39, 0.29) is 11.3 Å². The van der Waals surface area contributed by atoms with Crippen LogP contribution in [0.5, 0.6) is 11.5 Å². The fraction of sp³-hybridized carbons (Fsp3) is 0.192. The summed E-state index contributed by atoms with van der Waals surface area (Å²) in [7, 11) is 3.02. The van der Waals surface area contributed by atoms with Gasteiger partial charge in [-0.1, -0.05) is 30.4 Å². The van der Waals surface area contributed by atoms with Crippen LogP contribution >= 0.6 is 11.3 Å². The second-order valence-corrected chi connectivity index (χ2v) is 8.92. The minimum atomic E-state index is -0.953. The fourth-order valence-corrected chi connectivity index (χ4v) is 5.25. The molecular weight excluding hydrogens is 468 g/mol. The van der Waals surface area contributed by atoms with E-state index in [1.165, 1.54) is 42.8 Å². The van der Waals surface area contributed by atoms with Crippen LogP contribution < -0.4 is 14.4 Å². The van der Waals surface area contributed by atoms with Gasteiger partial charge in [0.2, 0.25) is 5.78 Å². The van der Waals surface area contributed by atoms with Gasteiger partial charge in [0.1, 0.15) is 0 Å². The minimum absolute atomic E-state index is 0.0172. The monoisotopic (exact) mass is 490 g/mol. The standard InChI is InChI=1S/C26H22N2O6S/c1-4-14-7-9-16-20(12-14)35-26(27-16)28-22(15-8-10-17(32-2)19(13-15)33-3)21(24(30)25(28)31)23(29)18-6-5-11-34-18/h5-13,22,30H,4H2,1-3H3/t22-/m1/s1. The van der Waals surface area contributed by atoms with E-state index in [4.69, 9.17) is 13.9 Å². The number of ketones is 1. The number of aliphatic hydroxyl groups excluding tert-OH is 1. The lowest BCUT2D eigenvalue weighted by molar-refractivity contribution is -0.117. The van der Waals surface area contributed by atoms with Crippen LogP contribution in [0.3, 0.4) is 0 Å². The number of carbonyl (C=O) groups excluding carboxylic acids is 2. The van der Waals surface area contributed by atoms with Crippen LogP contribution in [0.15, 0.2) is 70.5 Å². The Morgan fingerprint density at radius 2 is 1.94 bits per heavy atom.